The van der Waals surface area contributed by atoms with Gasteiger partial charge in [-0.25, -0.2) is 4.57 Å². The van der Waals surface area contributed by atoms with E-state index < -0.39 is 12.0 Å². The maximum absolute atomic E-state index is 11.8. The van der Waals surface area contributed by atoms with Crippen molar-refractivity contribution in [2.24, 2.45) is 5.73 Å². The number of halogens is 2. The molecule has 1 saturated heterocycles. The lowest BCUT2D eigenvalue weighted by Gasteiger charge is -2.49. The van der Waals surface area contributed by atoms with Crippen LogP contribution in [0.3, 0.4) is 0 Å². The van der Waals surface area contributed by atoms with E-state index in [1.807, 2.05) is 35.2 Å². The van der Waals surface area contributed by atoms with Crippen molar-refractivity contribution in [3.05, 3.63) is 41.9 Å². The Morgan fingerprint density at radius 2 is 2.00 bits per heavy atom. The van der Waals surface area contributed by atoms with E-state index in [1.54, 1.807) is 0 Å². The number of nitrogens with two attached hydrogens (primary N) is 1. The third-order valence-electron chi connectivity index (χ3n) is 3.43. The number of aliphatic carboxylic acids is 1. The van der Waals surface area contributed by atoms with Gasteiger partial charge in [-0.05, 0) is 0 Å². The minimum atomic E-state index is -1.32. The number of aromatic nitrogens is 1. The molecule has 9 heteroatoms. The van der Waals surface area contributed by atoms with Gasteiger partial charge in [-0.15, -0.1) is 36.6 Å². The van der Waals surface area contributed by atoms with Gasteiger partial charge in [-0.2, -0.15) is 0 Å². The number of hydrogen-bond acceptors (Lipinski definition) is 5. The molecule has 2 N–H and O–H groups in total. The lowest BCUT2D eigenvalue weighted by molar-refractivity contribution is -0.689. The average Bonchev–Trinajstić information content (AvgIpc) is 2.46. The van der Waals surface area contributed by atoms with Gasteiger partial charge in [0.15, 0.2) is 18.9 Å². The number of β-lactam (4-membered cyclic amide) rings is 1. The van der Waals surface area contributed by atoms with Crippen molar-refractivity contribution in [1.82, 2.24) is 4.90 Å². The summed E-state index contributed by atoms with van der Waals surface area (Å²) < 4.78 is 1.86. The van der Waals surface area contributed by atoms with E-state index in [-0.39, 0.29) is 41.8 Å². The number of carboxylic acids is 1. The first kappa shape index (κ1) is 18.8. The van der Waals surface area contributed by atoms with Crippen LogP contribution in [-0.2, 0) is 16.1 Å². The van der Waals surface area contributed by atoms with E-state index in [4.69, 9.17) is 5.73 Å². The highest BCUT2D eigenvalue weighted by Gasteiger charge is 2.50. The van der Waals surface area contributed by atoms with Gasteiger partial charge in [0.2, 0.25) is 5.91 Å². The lowest BCUT2D eigenvalue weighted by atomic mass is 10.0. The first-order chi connectivity index (χ1) is 9.59. The fourth-order valence-electron chi connectivity index (χ4n) is 2.45. The molecular weight excluding hydrogens is 349 g/mol. The normalized spacial score (nSPS) is 23.0. The Hall–Kier alpha value is -1.28. The summed E-state index contributed by atoms with van der Waals surface area (Å²) in [6, 6.07) is 5.00. The zero-order valence-electron chi connectivity index (χ0n) is 11.4. The van der Waals surface area contributed by atoms with Crippen LogP contribution in [-0.4, -0.2) is 33.9 Å². The smallest absolute Gasteiger partial charge is 0.248 e. The molecule has 2 aliphatic heterocycles. The quantitative estimate of drug-likeness (QED) is 0.553. The number of carbonyl (C=O) groups excluding carboxylic acids is 2. The van der Waals surface area contributed by atoms with Crippen molar-refractivity contribution < 1.29 is 19.3 Å². The Morgan fingerprint density at radius 1 is 1.36 bits per heavy atom. The Labute approximate surface area is 144 Å². The van der Waals surface area contributed by atoms with Crippen LogP contribution in [0.4, 0.5) is 0 Å². The molecule has 0 aliphatic carbocycles. The number of thioether (sulfide) groups is 1. The molecule has 1 aromatic heterocycles. The molecule has 0 saturated carbocycles. The molecule has 6 nitrogen and oxygen atoms in total. The predicted octanol–water partition coefficient (Wildman–Crippen LogP) is -0.936. The van der Waals surface area contributed by atoms with Crippen LogP contribution in [0.2, 0.25) is 0 Å². The zero-order chi connectivity index (χ0) is 14.3. The van der Waals surface area contributed by atoms with E-state index in [0.717, 1.165) is 0 Å². The highest BCUT2D eigenvalue weighted by Crippen LogP contribution is 2.39. The van der Waals surface area contributed by atoms with Crippen molar-refractivity contribution in [2.45, 2.75) is 18.0 Å². The Kier molecular flexibility index (Phi) is 6.25. The molecular formula is C13H15Cl2N3O3S. The van der Waals surface area contributed by atoms with Crippen molar-refractivity contribution in [2.75, 3.05) is 5.75 Å². The van der Waals surface area contributed by atoms with Crippen LogP contribution in [0.25, 0.3) is 0 Å². The minimum absolute atomic E-state index is 0. The molecule has 0 unspecified atom stereocenters. The molecule has 22 heavy (non-hydrogen) atoms. The molecule has 2 atom stereocenters. The topological polar surface area (TPSA) is 90.3 Å². The molecule has 1 amide bonds. The number of pyridine rings is 1. The summed E-state index contributed by atoms with van der Waals surface area (Å²) in [5.74, 6) is -1.13. The van der Waals surface area contributed by atoms with Crippen LogP contribution in [0.1, 0.15) is 0 Å². The maximum Gasteiger partial charge on any atom is 0.248 e. The summed E-state index contributed by atoms with van der Waals surface area (Å²) >= 11 is 1.49. The second-order valence-electron chi connectivity index (χ2n) is 4.72. The van der Waals surface area contributed by atoms with E-state index >= 15 is 0 Å². The van der Waals surface area contributed by atoms with Gasteiger partial charge in [-0.1, -0.05) is 6.07 Å². The molecule has 3 heterocycles. The average molecular weight is 364 g/mol. The molecule has 1 fully saturated rings. The highest BCUT2D eigenvalue weighted by molar-refractivity contribution is 8.00. The zero-order valence-corrected chi connectivity index (χ0v) is 13.8. The lowest BCUT2D eigenvalue weighted by Crippen LogP contribution is -2.69. The van der Waals surface area contributed by atoms with E-state index in [9.17, 15) is 14.7 Å². The predicted molar refractivity (Wildman–Crippen MR) is 84.2 cm³/mol. The molecule has 1 aromatic rings. The number of rotatable bonds is 3. The first-order valence-corrected chi connectivity index (χ1v) is 7.22. The summed E-state index contributed by atoms with van der Waals surface area (Å²) in [5.41, 5.74) is 6.34. The third-order valence-corrected chi connectivity index (χ3v) is 4.79. The second-order valence-corrected chi connectivity index (χ2v) is 5.83. The van der Waals surface area contributed by atoms with Gasteiger partial charge < -0.3 is 15.6 Å². The summed E-state index contributed by atoms with van der Waals surface area (Å²) in [4.78, 5) is 24.4. The van der Waals surface area contributed by atoms with Gasteiger partial charge in [0, 0.05) is 23.5 Å². The van der Waals surface area contributed by atoms with Crippen LogP contribution in [0.5, 0.6) is 0 Å². The largest absolute Gasteiger partial charge is 0.543 e. The minimum Gasteiger partial charge on any atom is -0.543 e. The van der Waals surface area contributed by atoms with E-state index in [1.165, 1.54) is 16.7 Å². The summed E-state index contributed by atoms with van der Waals surface area (Å²) in [6.07, 6.45) is 3.70. The van der Waals surface area contributed by atoms with Crippen molar-refractivity contribution in [3.63, 3.8) is 0 Å². The summed E-state index contributed by atoms with van der Waals surface area (Å²) in [6.45, 7) is 0.420. The molecule has 120 valence electrons. The first-order valence-electron chi connectivity index (χ1n) is 6.17. The maximum atomic E-state index is 11.8. The summed E-state index contributed by atoms with van der Waals surface area (Å²) in [7, 11) is 0. The highest BCUT2D eigenvalue weighted by atomic mass is 35.5. The third kappa shape index (κ3) is 3.08. The van der Waals surface area contributed by atoms with Gasteiger partial charge >= 0.3 is 0 Å². The van der Waals surface area contributed by atoms with Crippen LogP contribution in [0.15, 0.2) is 41.9 Å². The van der Waals surface area contributed by atoms with E-state index in [2.05, 4.69) is 0 Å². The van der Waals surface area contributed by atoms with Gasteiger partial charge in [0.1, 0.15) is 11.4 Å². The summed E-state index contributed by atoms with van der Waals surface area (Å²) in [5, 5.41) is 11.1. The Bertz CT molecular complexity index is 612. The fraction of sp³-hybridized carbons (Fsp3) is 0.308. The molecule has 3 rings (SSSR count). The number of amides is 1. The number of carboxylic acid groups (broad SMARTS) is 1. The monoisotopic (exact) mass is 363 g/mol. The van der Waals surface area contributed by atoms with Crippen LogP contribution >= 0.6 is 36.6 Å². The van der Waals surface area contributed by atoms with Crippen molar-refractivity contribution >= 4 is 48.5 Å². The van der Waals surface area contributed by atoms with Gasteiger partial charge in [-0.3, -0.25) is 9.69 Å². The van der Waals surface area contributed by atoms with Gasteiger partial charge in [0.05, 0.1) is 11.7 Å². The fourth-order valence-corrected chi connectivity index (χ4v) is 3.73. The molecule has 0 aromatic carbocycles. The van der Waals surface area contributed by atoms with Gasteiger partial charge in [0.25, 0.3) is 0 Å². The number of carbonyl (C=O) groups is 2. The number of fused-ring (bicyclic) bond motifs is 1. The van der Waals surface area contributed by atoms with Crippen LogP contribution in [0, 0.1) is 0 Å². The number of nitrogens with zero attached hydrogens (tertiary/aromatic N) is 2. The van der Waals surface area contributed by atoms with Crippen molar-refractivity contribution in [1.29, 1.82) is 0 Å². The van der Waals surface area contributed by atoms with Crippen molar-refractivity contribution in [3.8, 4) is 0 Å². The Balaban J connectivity index is 0.00000121. The molecule has 0 spiro atoms. The molecule has 0 radical (unpaired) electrons. The number of hydrogen-bond donors (Lipinski definition) is 1. The van der Waals surface area contributed by atoms with Crippen LogP contribution < -0.4 is 15.4 Å². The Morgan fingerprint density at radius 3 is 2.59 bits per heavy atom. The molecule has 0 bridgehead atoms. The second kappa shape index (κ2) is 7.32. The standard InChI is InChI=1S/C13H13N3O3S.2ClH/c14-9-11(17)16-10(13(18)19)8(7-20-12(9)16)6-15-4-2-1-3-5-15;;/h1-5,9,12H,6-7,14H2;2*1H/t9-,12-;;/m1../s1. The molecule has 2 aliphatic rings. The van der Waals surface area contributed by atoms with E-state index in [0.29, 0.717) is 17.9 Å². The SMILES string of the molecule is Cl.Cl.N[C@@H]1C(=O)N2C(C(=O)[O-])=C(C[n+]3ccccc3)CS[C@H]12.